The fraction of sp³-hybridized carbons (Fsp3) is 0.476. The Morgan fingerprint density at radius 3 is 2.61 bits per heavy atom. The van der Waals surface area contributed by atoms with Crippen molar-refractivity contribution in [2.45, 2.75) is 52.6 Å². The Morgan fingerprint density at radius 1 is 1.25 bits per heavy atom. The second-order valence-electron chi connectivity index (χ2n) is 8.39. The average molecular weight is 400 g/mol. The molecule has 4 rings (SSSR count). The number of fused-ring (bicyclic) bond motifs is 3. The number of hydrogen-bond acceptors (Lipinski definition) is 5. The second-order valence-corrected chi connectivity index (χ2v) is 9.49. The zero-order chi connectivity index (χ0) is 20.1. The summed E-state index contributed by atoms with van der Waals surface area (Å²) in [6.45, 7) is 6.93. The van der Waals surface area contributed by atoms with E-state index in [-0.39, 0.29) is 17.8 Å². The van der Waals surface area contributed by atoms with Crippen LogP contribution in [0.25, 0.3) is 0 Å². The van der Waals surface area contributed by atoms with Crippen molar-refractivity contribution < 1.29 is 9.72 Å². The Hall–Kier alpha value is -2.41. The molecule has 2 aromatic rings. The Kier molecular flexibility index (Phi) is 4.65. The zero-order valence-corrected chi connectivity index (χ0v) is 17.2. The van der Waals surface area contributed by atoms with Crippen molar-refractivity contribution >= 4 is 27.9 Å². The number of nitro benzene ring substituents is 1. The van der Waals surface area contributed by atoms with Crippen LogP contribution in [0.3, 0.4) is 0 Å². The van der Waals surface area contributed by atoms with Gasteiger partial charge in [-0.05, 0) is 53.9 Å². The third-order valence-corrected chi connectivity index (χ3v) is 7.68. The summed E-state index contributed by atoms with van der Waals surface area (Å²) < 4.78 is 0. The molecule has 28 heavy (non-hydrogen) atoms. The molecule has 2 heterocycles. The van der Waals surface area contributed by atoms with Crippen LogP contribution < -0.4 is 10.6 Å². The van der Waals surface area contributed by atoms with Crippen LogP contribution in [0, 0.1) is 21.4 Å². The lowest BCUT2D eigenvalue weighted by atomic mass is 9.69. The van der Waals surface area contributed by atoms with Gasteiger partial charge in [-0.15, -0.1) is 11.3 Å². The molecule has 1 aromatic carbocycles. The minimum Gasteiger partial charge on any atom is -0.353 e. The molecule has 0 radical (unpaired) electrons. The van der Waals surface area contributed by atoms with Crippen LogP contribution in [0.1, 0.15) is 66.1 Å². The van der Waals surface area contributed by atoms with Gasteiger partial charge in [-0.2, -0.15) is 0 Å². The summed E-state index contributed by atoms with van der Waals surface area (Å²) in [6.07, 6.45) is 3.89. The van der Waals surface area contributed by atoms with Crippen LogP contribution in [0.2, 0.25) is 0 Å². The van der Waals surface area contributed by atoms with Gasteiger partial charge < -0.3 is 10.6 Å². The lowest BCUT2D eigenvalue weighted by molar-refractivity contribution is -0.384. The molecular weight excluding hydrogens is 374 g/mol. The van der Waals surface area contributed by atoms with Gasteiger partial charge in [0.2, 0.25) is 0 Å². The lowest BCUT2D eigenvalue weighted by Crippen LogP contribution is -2.38. The molecule has 1 aliphatic carbocycles. The van der Waals surface area contributed by atoms with E-state index in [1.165, 1.54) is 22.6 Å². The number of rotatable bonds is 4. The quantitative estimate of drug-likeness (QED) is 0.556. The highest BCUT2D eigenvalue weighted by molar-refractivity contribution is 7.16. The van der Waals surface area contributed by atoms with Gasteiger partial charge in [-0.3, -0.25) is 14.9 Å². The number of hydrogen-bond donors (Lipinski definition) is 2. The molecule has 0 fully saturated rings. The Bertz CT molecular complexity index is 933. The summed E-state index contributed by atoms with van der Waals surface area (Å²) in [6, 6.07) is 6.31. The van der Waals surface area contributed by atoms with E-state index in [9.17, 15) is 14.9 Å². The molecule has 0 spiro atoms. The van der Waals surface area contributed by atoms with Crippen molar-refractivity contribution in [3.63, 3.8) is 0 Å². The van der Waals surface area contributed by atoms with Gasteiger partial charge in [0.25, 0.3) is 11.6 Å². The highest BCUT2D eigenvalue weighted by atomic mass is 32.1. The summed E-state index contributed by atoms with van der Waals surface area (Å²) >= 11 is 1.70. The fourth-order valence-electron chi connectivity index (χ4n) is 4.21. The number of non-ortho nitro benzene ring substituents is 1. The van der Waals surface area contributed by atoms with E-state index in [2.05, 4.69) is 31.4 Å². The minimum absolute atomic E-state index is 0.0442. The third-order valence-electron chi connectivity index (χ3n) is 6.50. The number of carbonyl (C=O) groups excluding carboxylic acids is 1. The molecule has 2 aliphatic rings. The highest BCUT2D eigenvalue weighted by Gasteiger charge is 2.37. The molecule has 1 amide bonds. The number of nitrogens with zero attached hydrogens (tertiary/aromatic N) is 1. The minimum atomic E-state index is -0.420. The van der Waals surface area contributed by atoms with Crippen LogP contribution in [-0.4, -0.2) is 10.8 Å². The predicted molar refractivity (Wildman–Crippen MR) is 111 cm³/mol. The summed E-state index contributed by atoms with van der Waals surface area (Å²) in [5.41, 5.74) is 3.16. The third kappa shape index (κ3) is 3.17. The number of nitrogens with one attached hydrogen (secondary N) is 2. The van der Waals surface area contributed by atoms with Crippen LogP contribution in [0.5, 0.6) is 0 Å². The first kappa shape index (κ1) is 18.9. The first-order valence-electron chi connectivity index (χ1n) is 9.76. The summed E-state index contributed by atoms with van der Waals surface area (Å²) in [4.78, 5) is 24.6. The monoisotopic (exact) mass is 399 g/mol. The number of nitro groups is 1. The maximum atomic E-state index is 12.9. The van der Waals surface area contributed by atoms with Crippen LogP contribution in [0.4, 0.5) is 10.7 Å². The summed E-state index contributed by atoms with van der Waals surface area (Å²) in [5, 5.41) is 18.2. The summed E-state index contributed by atoms with van der Waals surface area (Å²) in [5.74, 6) is 0.585. The molecule has 0 saturated carbocycles. The Labute approximate surface area is 168 Å². The van der Waals surface area contributed by atoms with E-state index in [0.717, 1.165) is 41.8 Å². The largest absolute Gasteiger partial charge is 0.353 e. The molecule has 0 unspecified atom stereocenters. The number of thiophene rings is 1. The van der Waals surface area contributed by atoms with Crippen molar-refractivity contribution in [2.75, 3.05) is 5.32 Å². The van der Waals surface area contributed by atoms with Gasteiger partial charge in [0.15, 0.2) is 0 Å². The van der Waals surface area contributed by atoms with E-state index in [4.69, 9.17) is 0 Å². The highest BCUT2D eigenvalue weighted by Crippen LogP contribution is 2.46. The van der Waals surface area contributed by atoms with Crippen molar-refractivity contribution in [3.05, 3.63) is 55.9 Å². The summed E-state index contributed by atoms with van der Waals surface area (Å²) in [7, 11) is 0. The van der Waals surface area contributed by atoms with Crippen LogP contribution in [0.15, 0.2) is 24.3 Å². The topological polar surface area (TPSA) is 84.3 Å². The van der Waals surface area contributed by atoms with E-state index >= 15 is 0 Å². The SMILES string of the molecule is CCC(C)(C)[C@@H]1CCc2c(sc3c2C(=O)N[C@@H](c2ccc([N+](=O)[O-])cc2)N3)C1. The normalized spacial score (nSPS) is 21.3. The molecule has 7 heteroatoms. The number of benzene rings is 1. The van der Waals surface area contributed by atoms with E-state index in [1.807, 2.05) is 0 Å². The first-order valence-corrected chi connectivity index (χ1v) is 10.6. The molecule has 1 aliphatic heterocycles. The fourth-order valence-corrected chi connectivity index (χ4v) is 5.56. The molecule has 0 saturated heterocycles. The Morgan fingerprint density at radius 2 is 1.96 bits per heavy atom. The second kappa shape index (κ2) is 6.88. The van der Waals surface area contributed by atoms with Crippen LogP contribution in [-0.2, 0) is 12.8 Å². The number of carbonyl (C=O) groups is 1. The van der Waals surface area contributed by atoms with Gasteiger partial charge >= 0.3 is 0 Å². The van der Waals surface area contributed by atoms with E-state index < -0.39 is 4.92 Å². The van der Waals surface area contributed by atoms with Gasteiger partial charge in [-0.1, -0.05) is 27.2 Å². The number of amides is 1. The smallest absolute Gasteiger partial charge is 0.269 e. The molecule has 2 N–H and O–H groups in total. The molecule has 0 bridgehead atoms. The molecule has 148 valence electrons. The number of anilines is 1. The maximum Gasteiger partial charge on any atom is 0.269 e. The zero-order valence-electron chi connectivity index (χ0n) is 16.4. The van der Waals surface area contributed by atoms with Gasteiger partial charge in [0.05, 0.1) is 10.5 Å². The average Bonchev–Trinajstić information content (AvgIpc) is 3.06. The van der Waals surface area contributed by atoms with Crippen molar-refractivity contribution in [1.82, 2.24) is 5.32 Å². The maximum absolute atomic E-state index is 12.9. The van der Waals surface area contributed by atoms with Crippen molar-refractivity contribution in [1.29, 1.82) is 0 Å². The predicted octanol–water partition coefficient (Wildman–Crippen LogP) is 5.05. The molecular formula is C21H25N3O3S. The van der Waals surface area contributed by atoms with E-state index in [1.54, 1.807) is 23.5 Å². The molecule has 6 nitrogen and oxygen atoms in total. The van der Waals surface area contributed by atoms with Gasteiger partial charge in [0, 0.05) is 17.0 Å². The Balaban J connectivity index is 1.60. The lowest BCUT2D eigenvalue weighted by Gasteiger charge is -2.36. The molecule has 2 atom stereocenters. The van der Waals surface area contributed by atoms with Gasteiger partial charge in [-0.25, -0.2) is 0 Å². The molecule has 1 aromatic heterocycles. The van der Waals surface area contributed by atoms with E-state index in [0.29, 0.717) is 11.3 Å². The van der Waals surface area contributed by atoms with Gasteiger partial charge in [0.1, 0.15) is 11.2 Å². The first-order chi connectivity index (χ1) is 13.3. The van der Waals surface area contributed by atoms with Crippen molar-refractivity contribution in [3.8, 4) is 0 Å². The standard InChI is InChI=1S/C21H25N3O3S/c1-4-21(2,3)13-7-10-15-16(11-13)28-20-17(15)19(25)22-18(23-20)12-5-8-14(9-6-12)24(26)27/h5-6,8-9,13,18,23H,4,7,10-11H2,1-3H3,(H,22,25)/t13-,18-/m1/s1. The van der Waals surface area contributed by atoms with Crippen molar-refractivity contribution in [2.24, 2.45) is 11.3 Å². The van der Waals surface area contributed by atoms with Crippen LogP contribution >= 0.6 is 11.3 Å².